The second-order valence-corrected chi connectivity index (χ2v) is 7.85. The fourth-order valence-corrected chi connectivity index (χ4v) is 4.50. The maximum absolute atomic E-state index is 13.5. The molecule has 3 aromatic rings. The van der Waals surface area contributed by atoms with Gasteiger partial charge in [-0.05, 0) is 42.7 Å². The first kappa shape index (κ1) is 19.0. The van der Waals surface area contributed by atoms with Crippen LogP contribution in [-0.4, -0.2) is 50.9 Å². The Bertz CT molecular complexity index is 1260. The van der Waals surface area contributed by atoms with Gasteiger partial charge in [-0.2, -0.15) is 5.10 Å². The molecule has 2 amide bonds. The number of hydrogen-bond donors (Lipinski definition) is 1. The number of nitrogens with zero attached hydrogens (tertiary/aromatic N) is 4. The van der Waals surface area contributed by atoms with Gasteiger partial charge in [0.15, 0.2) is 5.54 Å². The van der Waals surface area contributed by atoms with Crippen LogP contribution in [0.15, 0.2) is 53.6 Å². The fourth-order valence-electron chi connectivity index (χ4n) is 4.50. The monoisotopic (exact) mass is 417 g/mol. The maximum Gasteiger partial charge on any atom is 0.275 e. The van der Waals surface area contributed by atoms with Gasteiger partial charge < -0.3 is 9.88 Å². The van der Waals surface area contributed by atoms with Gasteiger partial charge in [-0.3, -0.25) is 19.7 Å². The maximum atomic E-state index is 13.5. The highest BCUT2D eigenvalue weighted by Crippen LogP contribution is 2.41. The molecule has 5 rings (SSSR count). The molecule has 0 radical (unpaired) electrons. The van der Waals surface area contributed by atoms with Gasteiger partial charge in [0, 0.05) is 29.6 Å². The lowest BCUT2D eigenvalue weighted by Gasteiger charge is -2.48. The lowest BCUT2D eigenvalue weighted by molar-refractivity contribution is -0.384. The highest BCUT2D eigenvalue weighted by Gasteiger charge is 2.54. The molecular formula is C22H19N5O4. The number of hydrazone groups is 1. The number of hydrogen-bond acceptors (Lipinski definition) is 5. The number of piperazine rings is 1. The number of nitro groups is 1. The Kier molecular flexibility index (Phi) is 4.14. The van der Waals surface area contributed by atoms with Crippen molar-refractivity contribution in [1.82, 2.24) is 14.9 Å². The third kappa shape index (κ3) is 2.81. The lowest BCUT2D eigenvalue weighted by Crippen LogP contribution is -2.65. The molecule has 2 aliphatic rings. The molecule has 9 heteroatoms. The summed E-state index contributed by atoms with van der Waals surface area (Å²) in [6.45, 7) is 2.08. The van der Waals surface area contributed by atoms with Crippen molar-refractivity contribution in [2.45, 2.75) is 18.9 Å². The SMILES string of the molecule is C[C@]12C(=O)N(/N=C\c3ccc([N+](=O)[O-])cc3)CC(=O)N1CCc1c2[nH]c2ccccc12. The number of fused-ring (bicyclic) bond motifs is 5. The highest BCUT2D eigenvalue weighted by molar-refractivity contribution is 6.01. The summed E-state index contributed by atoms with van der Waals surface area (Å²) >= 11 is 0. The number of benzene rings is 2. The summed E-state index contributed by atoms with van der Waals surface area (Å²) < 4.78 is 0. The molecule has 1 saturated heterocycles. The second kappa shape index (κ2) is 6.76. The predicted octanol–water partition coefficient (Wildman–Crippen LogP) is 2.55. The van der Waals surface area contributed by atoms with Crippen molar-refractivity contribution in [3.63, 3.8) is 0 Å². The Morgan fingerprint density at radius 3 is 2.65 bits per heavy atom. The van der Waals surface area contributed by atoms with E-state index < -0.39 is 10.5 Å². The zero-order valence-corrected chi connectivity index (χ0v) is 16.7. The van der Waals surface area contributed by atoms with E-state index >= 15 is 0 Å². The number of nitrogens with one attached hydrogen (secondary N) is 1. The molecule has 156 valence electrons. The molecule has 0 unspecified atom stereocenters. The summed E-state index contributed by atoms with van der Waals surface area (Å²) in [5.41, 5.74) is 2.10. The first-order valence-electron chi connectivity index (χ1n) is 9.90. The number of carbonyl (C=O) groups excluding carboxylic acids is 2. The number of carbonyl (C=O) groups is 2. The van der Waals surface area contributed by atoms with E-state index in [4.69, 9.17) is 0 Å². The summed E-state index contributed by atoms with van der Waals surface area (Å²) in [7, 11) is 0. The van der Waals surface area contributed by atoms with E-state index in [1.807, 2.05) is 24.3 Å². The van der Waals surface area contributed by atoms with E-state index in [1.54, 1.807) is 24.0 Å². The third-order valence-electron chi connectivity index (χ3n) is 6.11. The summed E-state index contributed by atoms with van der Waals surface area (Å²) in [5, 5.41) is 17.3. The third-order valence-corrected chi connectivity index (χ3v) is 6.11. The van der Waals surface area contributed by atoms with Crippen molar-refractivity contribution in [3.8, 4) is 0 Å². The summed E-state index contributed by atoms with van der Waals surface area (Å²) in [4.78, 5) is 41.8. The Morgan fingerprint density at radius 2 is 1.90 bits per heavy atom. The highest BCUT2D eigenvalue weighted by atomic mass is 16.6. The van der Waals surface area contributed by atoms with Gasteiger partial charge in [-0.15, -0.1) is 0 Å². The fraction of sp³-hybridized carbons (Fsp3) is 0.227. The summed E-state index contributed by atoms with van der Waals surface area (Å²) in [5.74, 6) is -0.468. The largest absolute Gasteiger partial charge is 0.356 e. The molecule has 0 saturated carbocycles. The minimum atomic E-state index is -1.17. The molecule has 3 heterocycles. The Morgan fingerprint density at radius 1 is 1.16 bits per heavy atom. The van der Waals surface area contributed by atoms with Crippen LogP contribution in [0.25, 0.3) is 10.9 Å². The average molecular weight is 417 g/mol. The number of non-ortho nitro benzene ring substituents is 1. The van der Waals surface area contributed by atoms with Gasteiger partial charge in [0.25, 0.3) is 11.6 Å². The zero-order valence-electron chi connectivity index (χ0n) is 16.7. The van der Waals surface area contributed by atoms with Crippen LogP contribution in [0.5, 0.6) is 0 Å². The first-order chi connectivity index (χ1) is 14.9. The first-order valence-corrected chi connectivity index (χ1v) is 9.90. The average Bonchev–Trinajstić information content (AvgIpc) is 3.16. The van der Waals surface area contributed by atoms with Gasteiger partial charge in [0.05, 0.1) is 16.8 Å². The molecule has 9 nitrogen and oxygen atoms in total. The van der Waals surface area contributed by atoms with Crippen molar-refractivity contribution < 1.29 is 14.5 Å². The molecule has 1 fully saturated rings. The predicted molar refractivity (Wildman–Crippen MR) is 113 cm³/mol. The van der Waals surface area contributed by atoms with Crippen molar-refractivity contribution in [2.75, 3.05) is 13.1 Å². The van der Waals surface area contributed by atoms with Crippen molar-refractivity contribution in [3.05, 3.63) is 75.5 Å². The number of amides is 2. The normalized spacial score (nSPS) is 20.9. The number of aromatic amines is 1. The Balaban J connectivity index is 1.51. The Labute approximate surface area is 177 Å². The van der Waals surface area contributed by atoms with E-state index in [9.17, 15) is 19.7 Å². The molecule has 31 heavy (non-hydrogen) atoms. The van der Waals surface area contributed by atoms with Crippen molar-refractivity contribution in [1.29, 1.82) is 0 Å². The zero-order chi connectivity index (χ0) is 21.8. The summed E-state index contributed by atoms with van der Waals surface area (Å²) in [6, 6.07) is 13.7. The van der Waals surface area contributed by atoms with Crippen LogP contribution in [0.2, 0.25) is 0 Å². The van der Waals surface area contributed by atoms with Gasteiger partial charge in [0.2, 0.25) is 5.91 Å². The molecular weight excluding hydrogens is 398 g/mol. The molecule has 1 aromatic heterocycles. The number of nitro benzene ring substituents is 1. The van der Waals surface area contributed by atoms with Crippen LogP contribution < -0.4 is 0 Å². The van der Waals surface area contributed by atoms with Crippen molar-refractivity contribution in [2.24, 2.45) is 5.10 Å². The van der Waals surface area contributed by atoms with E-state index in [0.717, 1.165) is 22.2 Å². The van der Waals surface area contributed by atoms with Crippen LogP contribution in [0.1, 0.15) is 23.7 Å². The molecule has 1 atom stereocenters. The van der Waals surface area contributed by atoms with E-state index in [-0.39, 0.29) is 24.0 Å². The minimum Gasteiger partial charge on any atom is -0.356 e. The molecule has 0 aliphatic carbocycles. The summed E-state index contributed by atoms with van der Waals surface area (Å²) in [6.07, 6.45) is 2.11. The van der Waals surface area contributed by atoms with E-state index in [1.165, 1.54) is 23.4 Å². The van der Waals surface area contributed by atoms with Gasteiger partial charge in [-0.1, -0.05) is 18.2 Å². The lowest BCUT2D eigenvalue weighted by atomic mass is 9.83. The van der Waals surface area contributed by atoms with E-state index in [0.29, 0.717) is 18.5 Å². The molecule has 0 spiro atoms. The second-order valence-electron chi connectivity index (χ2n) is 7.85. The molecule has 2 aromatic carbocycles. The van der Waals surface area contributed by atoms with Gasteiger partial charge in [-0.25, -0.2) is 5.01 Å². The molecule has 0 bridgehead atoms. The van der Waals surface area contributed by atoms with Gasteiger partial charge >= 0.3 is 0 Å². The van der Waals surface area contributed by atoms with Crippen molar-refractivity contribution >= 4 is 34.6 Å². The number of aromatic nitrogens is 1. The molecule has 1 N–H and O–H groups in total. The van der Waals surface area contributed by atoms with Crippen LogP contribution in [0.4, 0.5) is 5.69 Å². The van der Waals surface area contributed by atoms with Crippen LogP contribution in [-0.2, 0) is 21.5 Å². The van der Waals surface area contributed by atoms with E-state index in [2.05, 4.69) is 10.1 Å². The van der Waals surface area contributed by atoms with Gasteiger partial charge in [0.1, 0.15) is 6.54 Å². The number of rotatable bonds is 3. The molecule has 2 aliphatic heterocycles. The van der Waals surface area contributed by atoms with Crippen LogP contribution >= 0.6 is 0 Å². The smallest absolute Gasteiger partial charge is 0.275 e. The number of H-pyrrole nitrogens is 1. The van der Waals surface area contributed by atoms with Crippen LogP contribution in [0, 0.1) is 10.1 Å². The number of para-hydroxylation sites is 1. The minimum absolute atomic E-state index is 0.0296. The van der Waals surface area contributed by atoms with Crippen LogP contribution in [0.3, 0.4) is 0 Å². The quantitative estimate of drug-likeness (QED) is 0.401. The topological polar surface area (TPSA) is 112 Å². The Hall–Kier alpha value is -4.01. The standard InChI is InChI=1S/C22H19N5O4/c1-22-20-17(16-4-2-3-5-18(16)24-20)10-11-25(22)19(28)13-26(21(22)29)23-12-14-6-8-15(9-7-14)27(30)31/h2-9,12,24H,10-11,13H2,1H3/b23-12-/t22-/m0/s1.